The fourth-order valence-electron chi connectivity index (χ4n) is 2.78. The van der Waals surface area contributed by atoms with E-state index < -0.39 is 0 Å². The lowest BCUT2D eigenvalue weighted by Gasteiger charge is -2.34. The van der Waals surface area contributed by atoms with Gasteiger partial charge in [0.1, 0.15) is 5.75 Å². The second kappa shape index (κ2) is 8.42. The van der Waals surface area contributed by atoms with Crippen LogP contribution in [-0.2, 0) is 4.79 Å². The van der Waals surface area contributed by atoms with E-state index in [-0.39, 0.29) is 18.4 Å². The number of piperazine rings is 1. The summed E-state index contributed by atoms with van der Waals surface area (Å²) < 4.78 is 5.11. The zero-order chi connectivity index (χ0) is 18.5. The Morgan fingerprint density at radius 2 is 1.92 bits per heavy atom. The van der Waals surface area contributed by atoms with Crippen molar-refractivity contribution < 1.29 is 14.3 Å². The number of methoxy groups -OCH3 is 1. The number of carbonyl (C=O) groups is 2. The molecule has 0 atom stereocenters. The molecule has 1 aliphatic heterocycles. The van der Waals surface area contributed by atoms with Gasteiger partial charge in [0.05, 0.1) is 23.6 Å². The largest absolute Gasteiger partial charge is 0.495 e. The molecule has 0 aliphatic carbocycles. The van der Waals surface area contributed by atoms with Gasteiger partial charge in [-0.25, -0.2) is 0 Å². The third-order valence-electron chi connectivity index (χ3n) is 4.25. The van der Waals surface area contributed by atoms with Gasteiger partial charge in [0.2, 0.25) is 5.91 Å². The first kappa shape index (κ1) is 18.5. The number of benzene rings is 1. The summed E-state index contributed by atoms with van der Waals surface area (Å²) in [5, 5.41) is 5.46. The number of thiophene rings is 1. The van der Waals surface area contributed by atoms with Gasteiger partial charge in [-0.15, -0.1) is 11.3 Å². The van der Waals surface area contributed by atoms with Gasteiger partial charge in [-0.1, -0.05) is 17.7 Å². The number of halogens is 1. The Morgan fingerprint density at radius 1 is 1.19 bits per heavy atom. The molecular formula is C18H20ClN3O3S. The van der Waals surface area contributed by atoms with Gasteiger partial charge >= 0.3 is 0 Å². The lowest BCUT2D eigenvalue weighted by molar-refractivity contribution is -0.130. The lowest BCUT2D eigenvalue weighted by Crippen LogP contribution is -2.51. The van der Waals surface area contributed by atoms with E-state index >= 15 is 0 Å². The molecule has 3 rings (SSSR count). The van der Waals surface area contributed by atoms with Crippen molar-refractivity contribution in [3.8, 4) is 5.75 Å². The highest BCUT2D eigenvalue weighted by Crippen LogP contribution is 2.27. The van der Waals surface area contributed by atoms with Crippen molar-refractivity contribution in [1.29, 1.82) is 0 Å². The summed E-state index contributed by atoms with van der Waals surface area (Å²) in [5.41, 5.74) is 0.760. The second-order valence-electron chi connectivity index (χ2n) is 5.85. The quantitative estimate of drug-likeness (QED) is 0.848. The maximum atomic E-state index is 12.4. The Kier molecular flexibility index (Phi) is 6.00. The van der Waals surface area contributed by atoms with Gasteiger partial charge in [0, 0.05) is 31.9 Å². The highest BCUT2D eigenvalue weighted by molar-refractivity contribution is 7.12. The summed E-state index contributed by atoms with van der Waals surface area (Å²) in [6.07, 6.45) is 0. The first-order valence-electron chi connectivity index (χ1n) is 8.26. The maximum Gasteiger partial charge on any atom is 0.264 e. The van der Waals surface area contributed by atoms with E-state index in [0.717, 1.165) is 10.6 Å². The Hall–Kier alpha value is -2.25. The zero-order valence-electron chi connectivity index (χ0n) is 14.4. The van der Waals surface area contributed by atoms with Crippen LogP contribution in [0.1, 0.15) is 9.67 Å². The average Bonchev–Trinajstić information content (AvgIpc) is 3.20. The van der Waals surface area contributed by atoms with Crippen LogP contribution in [-0.4, -0.2) is 61.4 Å². The summed E-state index contributed by atoms with van der Waals surface area (Å²) in [5.74, 6) is 0.633. The lowest BCUT2D eigenvalue weighted by atomic mass is 10.2. The molecule has 0 saturated carbocycles. The van der Waals surface area contributed by atoms with E-state index in [9.17, 15) is 9.59 Å². The van der Waals surface area contributed by atoms with Crippen LogP contribution in [0, 0.1) is 0 Å². The van der Waals surface area contributed by atoms with Gasteiger partial charge in [0.15, 0.2) is 0 Å². The standard InChI is InChI=1S/C18H20ClN3O3S/c1-25-15-5-4-13(11-14(15)19)20-12-17(23)21-6-8-22(9-7-21)18(24)16-3-2-10-26-16/h2-5,10-11,20H,6-9,12H2,1H3. The van der Waals surface area contributed by atoms with Crippen molar-refractivity contribution in [1.82, 2.24) is 9.80 Å². The van der Waals surface area contributed by atoms with Crippen molar-refractivity contribution in [2.45, 2.75) is 0 Å². The summed E-state index contributed by atoms with van der Waals surface area (Å²) in [6.45, 7) is 2.37. The number of ether oxygens (including phenoxy) is 1. The van der Waals surface area contributed by atoms with Crippen LogP contribution < -0.4 is 10.1 Å². The number of anilines is 1. The first-order chi connectivity index (χ1) is 12.6. The van der Waals surface area contributed by atoms with Gasteiger partial charge in [-0.05, 0) is 29.6 Å². The van der Waals surface area contributed by atoms with Crippen LogP contribution in [0.2, 0.25) is 5.02 Å². The van der Waals surface area contributed by atoms with E-state index in [1.165, 1.54) is 11.3 Å². The van der Waals surface area contributed by atoms with Crippen molar-refractivity contribution in [3.05, 3.63) is 45.6 Å². The molecule has 2 amide bonds. The molecule has 138 valence electrons. The molecule has 1 aromatic heterocycles. The smallest absolute Gasteiger partial charge is 0.264 e. The molecule has 1 N–H and O–H groups in total. The number of hydrogen-bond acceptors (Lipinski definition) is 5. The predicted molar refractivity (Wildman–Crippen MR) is 103 cm³/mol. The minimum atomic E-state index is 0.000151. The topological polar surface area (TPSA) is 61.9 Å². The van der Waals surface area contributed by atoms with Crippen molar-refractivity contribution in [2.75, 3.05) is 45.2 Å². The molecule has 1 fully saturated rings. The molecule has 0 unspecified atom stereocenters. The molecule has 26 heavy (non-hydrogen) atoms. The number of carbonyl (C=O) groups excluding carboxylic acids is 2. The second-order valence-corrected chi connectivity index (χ2v) is 7.21. The number of hydrogen-bond donors (Lipinski definition) is 1. The Balaban J connectivity index is 1.48. The Morgan fingerprint density at radius 3 is 2.54 bits per heavy atom. The van der Waals surface area contributed by atoms with Crippen LogP contribution >= 0.6 is 22.9 Å². The number of rotatable bonds is 5. The summed E-state index contributed by atoms with van der Waals surface area (Å²) >= 11 is 7.52. The van der Waals surface area contributed by atoms with Crippen LogP contribution in [0.25, 0.3) is 0 Å². The molecule has 1 saturated heterocycles. The number of amides is 2. The molecular weight excluding hydrogens is 374 g/mol. The molecule has 8 heteroatoms. The van der Waals surface area contributed by atoms with Crippen molar-refractivity contribution in [2.24, 2.45) is 0 Å². The van der Waals surface area contributed by atoms with Crippen LogP contribution in [0.15, 0.2) is 35.7 Å². The maximum absolute atomic E-state index is 12.4. The van der Waals surface area contributed by atoms with Gasteiger partial charge in [0.25, 0.3) is 5.91 Å². The molecule has 0 bridgehead atoms. The Bertz CT molecular complexity index is 774. The van der Waals surface area contributed by atoms with E-state index in [1.54, 1.807) is 29.0 Å². The molecule has 2 heterocycles. The normalized spacial score (nSPS) is 14.2. The van der Waals surface area contributed by atoms with Gasteiger partial charge in [-0.2, -0.15) is 0 Å². The fraction of sp³-hybridized carbons (Fsp3) is 0.333. The Labute approximate surface area is 161 Å². The molecule has 6 nitrogen and oxygen atoms in total. The van der Waals surface area contributed by atoms with Gasteiger partial charge < -0.3 is 19.9 Å². The van der Waals surface area contributed by atoms with E-state index in [1.807, 2.05) is 23.6 Å². The number of nitrogens with zero attached hydrogens (tertiary/aromatic N) is 2. The fourth-order valence-corrected chi connectivity index (χ4v) is 3.73. The van der Waals surface area contributed by atoms with Crippen molar-refractivity contribution in [3.63, 3.8) is 0 Å². The predicted octanol–water partition coefficient (Wildman–Crippen LogP) is 2.81. The minimum absolute atomic E-state index is 0.000151. The van der Waals surface area contributed by atoms with Crippen LogP contribution in [0.5, 0.6) is 5.75 Å². The summed E-state index contributed by atoms with van der Waals surface area (Å²) in [7, 11) is 1.56. The molecule has 1 aliphatic rings. The monoisotopic (exact) mass is 393 g/mol. The van der Waals surface area contributed by atoms with Crippen LogP contribution in [0.4, 0.5) is 5.69 Å². The SMILES string of the molecule is COc1ccc(NCC(=O)N2CCN(C(=O)c3cccs3)CC2)cc1Cl. The van der Waals surface area contributed by atoms with Crippen LogP contribution in [0.3, 0.4) is 0 Å². The highest BCUT2D eigenvalue weighted by atomic mass is 35.5. The summed E-state index contributed by atoms with van der Waals surface area (Å²) in [6, 6.07) is 8.99. The minimum Gasteiger partial charge on any atom is -0.495 e. The summed E-state index contributed by atoms with van der Waals surface area (Å²) in [4.78, 5) is 29.0. The van der Waals surface area contributed by atoms with Gasteiger partial charge in [-0.3, -0.25) is 9.59 Å². The average molecular weight is 394 g/mol. The van der Waals surface area contributed by atoms with E-state index in [2.05, 4.69) is 5.32 Å². The third-order valence-corrected chi connectivity index (χ3v) is 5.40. The molecule has 0 spiro atoms. The zero-order valence-corrected chi connectivity index (χ0v) is 16.0. The first-order valence-corrected chi connectivity index (χ1v) is 9.52. The number of nitrogens with one attached hydrogen (secondary N) is 1. The third kappa shape index (κ3) is 4.28. The highest BCUT2D eigenvalue weighted by Gasteiger charge is 2.25. The molecule has 0 radical (unpaired) electrons. The van der Waals surface area contributed by atoms with E-state index in [0.29, 0.717) is 37.0 Å². The molecule has 2 aromatic rings. The van der Waals surface area contributed by atoms with Crippen molar-refractivity contribution >= 4 is 40.4 Å². The molecule has 1 aromatic carbocycles. The van der Waals surface area contributed by atoms with E-state index in [4.69, 9.17) is 16.3 Å².